The van der Waals surface area contributed by atoms with E-state index < -0.39 is 5.91 Å². The highest BCUT2D eigenvalue weighted by Gasteiger charge is 2.15. The van der Waals surface area contributed by atoms with Gasteiger partial charge in [-0.3, -0.25) is 14.9 Å². The van der Waals surface area contributed by atoms with E-state index >= 15 is 0 Å². The molecule has 0 saturated carbocycles. The second-order valence-electron chi connectivity index (χ2n) is 6.02. The fourth-order valence-corrected chi connectivity index (χ4v) is 2.91. The summed E-state index contributed by atoms with van der Waals surface area (Å²) in [6.45, 7) is 2.88. The van der Waals surface area contributed by atoms with Crippen LogP contribution in [-0.2, 0) is 19.0 Å². The lowest BCUT2D eigenvalue weighted by atomic mass is 10.1. The van der Waals surface area contributed by atoms with E-state index in [1.54, 1.807) is 24.3 Å². The standard InChI is InChI=1S/C19H25N5O6S/c20-6-8-29-10-12-30-11-9-28-7-5-16(25)22-15-4-2-1-3-14(15)18(26)23-19-21-13-17(24-27)31-19/h1-4,13H,5-12,20H2,(H,22,25)(H,21,23,26). The molecular formula is C19H25N5O6S. The van der Waals surface area contributed by atoms with Crippen LogP contribution in [0.2, 0.25) is 0 Å². The number of nitrogens with two attached hydrogens (primary N) is 1. The highest BCUT2D eigenvalue weighted by molar-refractivity contribution is 7.19. The van der Waals surface area contributed by atoms with Gasteiger partial charge in [-0.15, -0.1) is 4.91 Å². The van der Waals surface area contributed by atoms with Crippen LogP contribution < -0.4 is 16.4 Å². The van der Waals surface area contributed by atoms with Gasteiger partial charge >= 0.3 is 0 Å². The van der Waals surface area contributed by atoms with Crippen molar-refractivity contribution < 1.29 is 23.8 Å². The van der Waals surface area contributed by atoms with Crippen LogP contribution in [-0.4, -0.2) is 63.0 Å². The van der Waals surface area contributed by atoms with Crippen molar-refractivity contribution >= 4 is 39.0 Å². The number of hydrogen-bond acceptors (Lipinski definition) is 10. The van der Waals surface area contributed by atoms with E-state index in [-0.39, 0.29) is 34.6 Å². The Hall–Kier alpha value is -2.77. The average molecular weight is 452 g/mol. The van der Waals surface area contributed by atoms with Crippen molar-refractivity contribution in [2.75, 3.05) is 56.8 Å². The summed E-state index contributed by atoms with van der Waals surface area (Å²) >= 11 is 0.951. The maximum absolute atomic E-state index is 12.5. The van der Waals surface area contributed by atoms with Gasteiger partial charge in [-0.05, 0) is 17.3 Å². The van der Waals surface area contributed by atoms with Gasteiger partial charge in [0.15, 0.2) is 10.1 Å². The Morgan fingerprint density at radius 2 is 1.68 bits per heavy atom. The number of aromatic nitrogens is 1. The third kappa shape index (κ3) is 9.27. The van der Waals surface area contributed by atoms with E-state index in [4.69, 9.17) is 19.9 Å². The predicted molar refractivity (Wildman–Crippen MR) is 117 cm³/mol. The van der Waals surface area contributed by atoms with Crippen molar-refractivity contribution in [2.24, 2.45) is 10.9 Å². The van der Waals surface area contributed by atoms with E-state index in [0.717, 1.165) is 11.3 Å². The third-order valence-electron chi connectivity index (χ3n) is 3.73. The van der Waals surface area contributed by atoms with E-state index in [9.17, 15) is 14.5 Å². The second-order valence-corrected chi connectivity index (χ2v) is 7.03. The minimum Gasteiger partial charge on any atom is -0.379 e. The Morgan fingerprint density at radius 1 is 1.00 bits per heavy atom. The Kier molecular flexibility index (Phi) is 11.3. The van der Waals surface area contributed by atoms with E-state index in [1.165, 1.54) is 6.20 Å². The summed E-state index contributed by atoms with van der Waals surface area (Å²) in [5, 5.41) is 8.44. The molecular weight excluding hydrogens is 426 g/mol. The van der Waals surface area contributed by atoms with Gasteiger partial charge in [0, 0.05) is 6.54 Å². The minimum absolute atomic E-state index is 0.121. The van der Waals surface area contributed by atoms with Gasteiger partial charge in [0.25, 0.3) is 5.91 Å². The number of nitroso groups, excluding NO2 is 1. The van der Waals surface area contributed by atoms with Crippen molar-refractivity contribution in [1.29, 1.82) is 0 Å². The number of amides is 2. The summed E-state index contributed by atoms with van der Waals surface area (Å²) in [5.74, 6) is -0.760. The number of anilines is 2. The molecule has 1 aromatic heterocycles. The van der Waals surface area contributed by atoms with Crippen LogP contribution >= 0.6 is 11.3 Å². The summed E-state index contributed by atoms with van der Waals surface area (Å²) in [6, 6.07) is 6.57. The monoisotopic (exact) mass is 451 g/mol. The van der Waals surface area contributed by atoms with Crippen LogP contribution in [0.25, 0.3) is 0 Å². The average Bonchev–Trinajstić information content (AvgIpc) is 3.23. The number of benzene rings is 1. The fourth-order valence-electron chi connectivity index (χ4n) is 2.32. The SMILES string of the molecule is NCCOCCOCCOCCC(=O)Nc1ccccc1C(=O)Nc1ncc(N=O)s1. The lowest BCUT2D eigenvalue weighted by Gasteiger charge is -2.11. The molecule has 12 heteroatoms. The number of rotatable bonds is 15. The molecule has 0 atom stereocenters. The summed E-state index contributed by atoms with van der Waals surface area (Å²) < 4.78 is 15.9. The molecule has 2 amide bonds. The summed E-state index contributed by atoms with van der Waals surface area (Å²) in [4.78, 5) is 39.1. The molecule has 4 N–H and O–H groups in total. The molecule has 1 heterocycles. The molecule has 0 spiro atoms. The number of para-hydroxylation sites is 1. The first-order chi connectivity index (χ1) is 15.1. The normalized spacial score (nSPS) is 10.6. The largest absolute Gasteiger partial charge is 0.379 e. The third-order valence-corrected chi connectivity index (χ3v) is 4.52. The first kappa shape index (κ1) is 24.5. The van der Waals surface area contributed by atoms with Gasteiger partial charge < -0.3 is 25.3 Å². The molecule has 0 bridgehead atoms. The van der Waals surface area contributed by atoms with Crippen molar-refractivity contribution in [3.05, 3.63) is 40.9 Å². The molecule has 0 aliphatic rings. The van der Waals surface area contributed by atoms with Gasteiger partial charge in [-0.1, -0.05) is 23.5 Å². The second kappa shape index (κ2) is 14.3. The van der Waals surface area contributed by atoms with Crippen LogP contribution in [0, 0.1) is 4.91 Å². The zero-order chi connectivity index (χ0) is 22.3. The smallest absolute Gasteiger partial charge is 0.259 e. The van der Waals surface area contributed by atoms with E-state index in [0.29, 0.717) is 45.3 Å². The molecule has 0 saturated heterocycles. The number of carbonyl (C=O) groups is 2. The van der Waals surface area contributed by atoms with Gasteiger partial charge in [0.2, 0.25) is 5.91 Å². The molecule has 2 rings (SSSR count). The first-order valence-electron chi connectivity index (χ1n) is 9.56. The lowest BCUT2D eigenvalue weighted by molar-refractivity contribution is -0.117. The maximum Gasteiger partial charge on any atom is 0.259 e. The van der Waals surface area contributed by atoms with Crippen LogP contribution in [0.3, 0.4) is 0 Å². The van der Waals surface area contributed by atoms with Crippen LogP contribution in [0.15, 0.2) is 35.6 Å². The summed E-state index contributed by atoms with van der Waals surface area (Å²) in [6.07, 6.45) is 1.39. The Balaban J connectivity index is 1.70. The number of nitrogens with zero attached hydrogens (tertiary/aromatic N) is 2. The van der Waals surface area contributed by atoms with Gasteiger partial charge in [-0.25, -0.2) is 4.98 Å². The molecule has 168 valence electrons. The Labute approximate surface area is 183 Å². The predicted octanol–water partition coefficient (Wildman–Crippen LogP) is 2.13. The van der Waals surface area contributed by atoms with Crippen LogP contribution in [0.1, 0.15) is 16.8 Å². The van der Waals surface area contributed by atoms with E-state index in [2.05, 4.69) is 20.8 Å². The van der Waals surface area contributed by atoms with Gasteiger partial charge in [0.05, 0.1) is 63.5 Å². The topological polar surface area (TPSA) is 154 Å². The molecule has 0 fully saturated rings. The molecule has 0 radical (unpaired) electrons. The molecule has 1 aromatic carbocycles. The van der Waals surface area contributed by atoms with Crippen molar-refractivity contribution in [1.82, 2.24) is 4.98 Å². The number of hydrogen-bond donors (Lipinski definition) is 3. The highest BCUT2D eigenvalue weighted by atomic mass is 32.1. The molecule has 0 aliphatic heterocycles. The van der Waals surface area contributed by atoms with Gasteiger partial charge in [0.1, 0.15) is 0 Å². The zero-order valence-electron chi connectivity index (χ0n) is 16.9. The maximum atomic E-state index is 12.5. The minimum atomic E-state index is -0.466. The zero-order valence-corrected chi connectivity index (χ0v) is 17.7. The van der Waals surface area contributed by atoms with Crippen LogP contribution in [0.4, 0.5) is 15.8 Å². The number of ether oxygens (including phenoxy) is 3. The molecule has 2 aromatic rings. The molecule has 31 heavy (non-hydrogen) atoms. The van der Waals surface area contributed by atoms with Crippen molar-refractivity contribution in [3.8, 4) is 0 Å². The van der Waals surface area contributed by atoms with Crippen molar-refractivity contribution in [2.45, 2.75) is 6.42 Å². The first-order valence-corrected chi connectivity index (χ1v) is 10.4. The summed E-state index contributed by atoms with van der Waals surface area (Å²) in [7, 11) is 0. The number of carbonyl (C=O) groups excluding carboxylic acids is 2. The highest BCUT2D eigenvalue weighted by Crippen LogP contribution is 2.26. The number of thiazole rings is 1. The Morgan fingerprint density at radius 3 is 2.35 bits per heavy atom. The van der Waals surface area contributed by atoms with Crippen LogP contribution in [0.5, 0.6) is 0 Å². The van der Waals surface area contributed by atoms with Gasteiger partial charge in [-0.2, -0.15) is 0 Å². The van der Waals surface area contributed by atoms with E-state index in [1.807, 2.05) is 0 Å². The molecule has 0 aliphatic carbocycles. The quantitative estimate of drug-likeness (QED) is 0.275. The molecule has 0 unspecified atom stereocenters. The van der Waals surface area contributed by atoms with Crippen molar-refractivity contribution in [3.63, 3.8) is 0 Å². The lowest BCUT2D eigenvalue weighted by Crippen LogP contribution is -2.19. The Bertz CT molecular complexity index is 847. The molecule has 11 nitrogen and oxygen atoms in total. The fraction of sp³-hybridized carbons (Fsp3) is 0.421. The summed E-state index contributed by atoms with van der Waals surface area (Å²) in [5.41, 5.74) is 5.92. The number of nitrogens with one attached hydrogen (secondary N) is 2.